The number of aromatic nitrogens is 3. The van der Waals surface area contributed by atoms with Crippen LogP contribution in [0.25, 0.3) is 5.65 Å². The Labute approximate surface area is 75.8 Å². The van der Waals surface area contributed by atoms with Crippen LogP contribution in [0.2, 0.25) is 0 Å². The van der Waals surface area contributed by atoms with Crippen molar-refractivity contribution in [2.24, 2.45) is 0 Å². The normalized spacial score (nSPS) is 13.5. The SMILES string of the molecule is Cc1ccc(C(C)O)n2ncnc12. The van der Waals surface area contributed by atoms with Crippen molar-refractivity contribution in [2.75, 3.05) is 0 Å². The van der Waals surface area contributed by atoms with E-state index in [0.717, 1.165) is 16.9 Å². The molecule has 0 saturated heterocycles. The van der Waals surface area contributed by atoms with Gasteiger partial charge in [0.25, 0.3) is 0 Å². The monoisotopic (exact) mass is 177 g/mol. The summed E-state index contributed by atoms with van der Waals surface area (Å²) < 4.78 is 1.67. The van der Waals surface area contributed by atoms with Crippen LogP contribution in [0, 0.1) is 6.92 Å². The number of hydrogen-bond acceptors (Lipinski definition) is 3. The highest BCUT2D eigenvalue weighted by atomic mass is 16.3. The zero-order chi connectivity index (χ0) is 9.42. The highest BCUT2D eigenvalue weighted by Gasteiger charge is 2.08. The molecule has 2 aromatic rings. The lowest BCUT2D eigenvalue weighted by molar-refractivity contribution is 0.191. The molecule has 4 nitrogen and oxygen atoms in total. The van der Waals surface area contributed by atoms with Crippen LogP contribution in [-0.4, -0.2) is 19.7 Å². The summed E-state index contributed by atoms with van der Waals surface area (Å²) in [4.78, 5) is 4.10. The molecule has 0 radical (unpaired) electrons. The summed E-state index contributed by atoms with van der Waals surface area (Å²) in [6, 6.07) is 3.80. The Morgan fingerprint density at radius 3 is 2.92 bits per heavy atom. The average molecular weight is 177 g/mol. The fourth-order valence-electron chi connectivity index (χ4n) is 1.37. The van der Waals surface area contributed by atoms with Crippen LogP contribution in [0.4, 0.5) is 0 Å². The molecule has 0 amide bonds. The number of aliphatic hydroxyl groups is 1. The maximum atomic E-state index is 9.44. The Hall–Kier alpha value is -1.42. The molecule has 13 heavy (non-hydrogen) atoms. The molecular weight excluding hydrogens is 166 g/mol. The van der Waals surface area contributed by atoms with Crippen molar-refractivity contribution in [3.05, 3.63) is 29.7 Å². The minimum atomic E-state index is -0.523. The number of fused-ring (bicyclic) bond motifs is 1. The van der Waals surface area contributed by atoms with Crippen molar-refractivity contribution in [3.63, 3.8) is 0 Å². The molecule has 0 bridgehead atoms. The van der Waals surface area contributed by atoms with Crippen molar-refractivity contribution < 1.29 is 5.11 Å². The average Bonchev–Trinajstić information content (AvgIpc) is 2.53. The first-order chi connectivity index (χ1) is 6.20. The first kappa shape index (κ1) is 8.19. The van der Waals surface area contributed by atoms with Gasteiger partial charge in [-0.25, -0.2) is 9.50 Å². The highest BCUT2D eigenvalue weighted by molar-refractivity contribution is 5.46. The predicted molar refractivity (Wildman–Crippen MR) is 48.4 cm³/mol. The van der Waals surface area contributed by atoms with Gasteiger partial charge in [0.05, 0.1) is 11.8 Å². The number of aryl methyl sites for hydroxylation is 1. The van der Waals surface area contributed by atoms with Crippen LogP contribution in [0.1, 0.15) is 24.3 Å². The molecular formula is C9H11N3O. The van der Waals surface area contributed by atoms with Crippen LogP contribution in [0.3, 0.4) is 0 Å². The Kier molecular flexibility index (Phi) is 1.77. The second-order valence-corrected chi connectivity index (χ2v) is 3.11. The number of pyridine rings is 1. The summed E-state index contributed by atoms with van der Waals surface area (Å²) in [6.45, 7) is 3.68. The van der Waals surface area contributed by atoms with E-state index in [9.17, 15) is 5.11 Å². The molecule has 4 heteroatoms. The largest absolute Gasteiger partial charge is 0.387 e. The Morgan fingerprint density at radius 1 is 1.46 bits per heavy atom. The fraction of sp³-hybridized carbons (Fsp3) is 0.333. The van der Waals surface area contributed by atoms with Gasteiger partial charge in [0, 0.05) is 0 Å². The second-order valence-electron chi connectivity index (χ2n) is 3.11. The molecule has 0 aliphatic heterocycles. The number of aliphatic hydroxyl groups excluding tert-OH is 1. The molecule has 2 heterocycles. The van der Waals surface area contributed by atoms with Gasteiger partial charge in [-0.1, -0.05) is 6.07 Å². The summed E-state index contributed by atoms with van der Waals surface area (Å²) in [5.41, 5.74) is 2.62. The lowest BCUT2D eigenvalue weighted by Gasteiger charge is -2.07. The summed E-state index contributed by atoms with van der Waals surface area (Å²) in [5.74, 6) is 0. The van der Waals surface area contributed by atoms with Crippen LogP contribution >= 0.6 is 0 Å². The van der Waals surface area contributed by atoms with Crippen LogP contribution < -0.4 is 0 Å². The lowest BCUT2D eigenvalue weighted by Crippen LogP contribution is -2.03. The Bertz CT molecular complexity index is 433. The summed E-state index contributed by atoms with van der Waals surface area (Å²) >= 11 is 0. The molecule has 0 saturated carbocycles. The predicted octanol–water partition coefficient (Wildman–Crippen LogP) is 1.09. The maximum absolute atomic E-state index is 9.44. The highest BCUT2D eigenvalue weighted by Crippen LogP contribution is 2.15. The molecule has 0 aromatic carbocycles. The number of nitrogens with zero attached hydrogens (tertiary/aromatic N) is 3. The van der Waals surface area contributed by atoms with Crippen molar-refractivity contribution in [2.45, 2.75) is 20.0 Å². The molecule has 2 aromatic heterocycles. The van der Waals surface area contributed by atoms with Crippen molar-refractivity contribution in [3.8, 4) is 0 Å². The third-order valence-electron chi connectivity index (χ3n) is 2.08. The minimum Gasteiger partial charge on any atom is -0.387 e. The summed E-state index contributed by atoms with van der Waals surface area (Å²) in [6.07, 6.45) is 0.971. The molecule has 68 valence electrons. The van der Waals surface area contributed by atoms with E-state index in [-0.39, 0.29) is 0 Å². The Morgan fingerprint density at radius 2 is 2.23 bits per heavy atom. The van der Waals surface area contributed by atoms with Gasteiger partial charge < -0.3 is 5.11 Å². The lowest BCUT2D eigenvalue weighted by atomic mass is 10.2. The summed E-state index contributed by atoms with van der Waals surface area (Å²) in [5, 5.41) is 13.5. The maximum Gasteiger partial charge on any atom is 0.158 e. The van der Waals surface area contributed by atoms with E-state index in [1.165, 1.54) is 6.33 Å². The molecule has 0 spiro atoms. The number of rotatable bonds is 1. The van der Waals surface area contributed by atoms with Gasteiger partial charge in [-0.2, -0.15) is 5.10 Å². The van der Waals surface area contributed by atoms with E-state index in [1.807, 2.05) is 19.1 Å². The molecule has 0 aliphatic carbocycles. The van der Waals surface area contributed by atoms with E-state index in [2.05, 4.69) is 10.1 Å². The molecule has 1 atom stereocenters. The Balaban J connectivity index is 2.78. The zero-order valence-electron chi connectivity index (χ0n) is 7.60. The number of hydrogen-bond donors (Lipinski definition) is 1. The van der Waals surface area contributed by atoms with Crippen molar-refractivity contribution in [1.82, 2.24) is 14.6 Å². The van der Waals surface area contributed by atoms with Crippen molar-refractivity contribution in [1.29, 1.82) is 0 Å². The van der Waals surface area contributed by atoms with Gasteiger partial charge in [0.15, 0.2) is 5.65 Å². The van der Waals surface area contributed by atoms with E-state index < -0.39 is 6.10 Å². The standard InChI is InChI=1S/C9H11N3O/c1-6-3-4-8(7(2)13)12-9(6)10-5-11-12/h3-5,7,13H,1-2H3. The second kappa shape index (κ2) is 2.81. The van der Waals surface area contributed by atoms with Gasteiger partial charge in [0.2, 0.25) is 0 Å². The van der Waals surface area contributed by atoms with Gasteiger partial charge in [-0.15, -0.1) is 0 Å². The van der Waals surface area contributed by atoms with E-state index >= 15 is 0 Å². The minimum absolute atomic E-state index is 0.523. The van der Waals surface area contributed by atoms with Crippen LogP contribution in [0.15, 0.2) is 18.5 Å². The van der Waals surface area contributed by atoms with Crippen LogP contribution in [-0.2, 0) is 0 Å². The molecule has 1 unspecified atom stereocenters. The molecule has 0 fully saturated rings. The fourth-order valence-corrected chi connectivity index (χ4v) is 1.37. The zero-order valence-corrected chi connectivity index (χ0v) is 7.60. The van der Waals surface area contributed by atoms with E-state index in [1.54, 1.807) is 11.4 Å². The van der Waals surface area contributed by atoms with Gasteiger partial charge in [-0.3, -0.25) is 0 Å². The molecule has 0 aliphatic rings. The molecule has 2 rings (SSSR count). The van der Waals surface area contributed by atoms with Crippen molar-refractivity contribution >= 4 is 5.65 Å². The third kappa shape index (κ3) is 1.19. The van der Waals surface area contributed by atoms with E-state index in [0.29, 0.717) is 0 Å². The third-order valence-corrected chi connectivity index (χ3v) is 2.08. The summed E-state index contributed by atoms with van der Waals surface area (Å²) in [7, 11) is 0. The molecule has 1 N–H and O–H groups in total. The smallest absolute Gasteiger partial charge is 0.158 e. The van der Waals surface area contributed by atoms with Gasteiger partial charge in [-0.05, 0) is 25.5 Å². The first-order valence-corrected chi connectivity index (χ1v) is 4.17. The van der Waals surface area contributed by atoms with E-state index in [4.69, 9.17) is 0 Å². The quantitative estimate of drug-likeness (QED) is 0.709. The van der Waals surface area contributed by atoms with Gasteiger partial charge in [0.1, 0.15) is 6.33 Å². The topological polar surface area (TPSA) is 50.4 Å². The first-order valence-electron chi connectivity index (χ1n) is 4.17. The van der Waals surface area contributed by atoms with Gasteiger partial charge >= 0.3 is 0 Å². The van der Waals surface area contributed by atoms with Crippen LogP contribution in [0.5, 0.6) is 0 Å².